The third-order valence-corrected chi connectivity index (χ3v) is 3.94. The van der Waals surface area contributed by atoms with Crippen molar-refractivity contribution in [2.75, 3.05) is 0 Å². The summed E-state index contributed by atoms with van der Waals surface area (Å²) in [5, 5.41) is 0. The SMILES string of the molecule is CCC(C)C(=O)OC(CC(C)(C)C)OC1CCCCC1. The predicted octanol–water partition coefficient (Wildman–Crippen LogP) is 4.69. The van der Waals surface area contributed by atoms with Crippen molar-refractivity contribution in [3.05, 3.63) is 0 Å². The molecule has 1 aliphatic rings. The highest BCUT2D eigenvalue weighted by atomic mass is 16.7. The van der Waals surface area contributed by atoms with Crippen LogP contribution < -0.4 is 0 Å². The Morgan fingerprint density at radius 2 is 1.80 bits per heavy atom. The van der Waals surface area contributed by atoms with Gasteiger partial charge in [0.05, 0.1) is 12.0 Å². The van der Waals surface area contributed by atoms with Crippen LogP contribution >= 0.6 is 0 Å². The molecule has 2 atom stereocenters. The molecular weight excluding hydrogens is 252 g/mol. The van der Waals surface area contributed by atoms with Gasteiger partial charge in [-0.25, -0.2) is 0 Å². The smallest absolute Gasteiger partial charge is 0.310 e. The first-order valence-corrected chi connectivity index (χ1v) is 8.18. The summed E-state index contributed by atoms with van der Waals surface area (Å²) in [5.74, 6) is -0.176. The summed E-state index contributed by atoms with van der Waals surface area (Å²) >= 11 is 0. The third-order valence-electron chi connectivity index (χ3n) is 3.94. The summed E-state index contributed by atoms with van der Waals surface area (Å²) in [6.45, 7) is 10.4. The average molecular weight is 284 g/mol. The number of hydrogen-bond acceptors (Lipinski definition) is 3. The molecule has 1 fully saturated rings. The second-order valence-corrected chi connectivity index (χ2v) is 7.34. The van der Waals surface area contributed by atoms with E-state index in [9.17, 15) is 4.79 Å². The summed E-state index contributed by atoms with van der Waals surface area (Å²) in [7, 11) is 0. The molecule has 1 aliphatic carbocycles. The lowest BCUT2D eigenvalue weighted by Gasteiger charge is -2.31. The molecule has 0 spiro atoms. The summed E-state index contributed by atoms with van der Waals surface area (Å²) in [4.78, 5) is 12.0. The van der Waals surface area contributed by atoms with Crippen LogP contribution in [-0.2, 0) is 14.3 Å². The van der Waals surface area contributed by atoms with Gasteiger partial charge in [0.25, 0.3) is 0 Å². The summed E-state index contributed by atoms with van der Waals surface area (Å²) in [5.41, 5.74) is 0.0923. The Bertz CT molecular complexity index is 287. The van der Waals surface area contributed by atoms with Gasteiger partial charge in [-0.3, -0.25) is 4.79 Å². The van der Waals surface area contributed by atoms with Gasteiger partial charge in [-0.2, -0.15) is 0 Å². The van der Waals surface area contributed by atoms with Gasteiger partial charge in [0.15, 0.2) is 0 Å². The molecule has 1 rings (SSSR count). The second kappa shape index (κ2) is 8.02. The number of rotatable bonds is 6. The van der Waals surface area contributed by atoms with Gasteiger partial charge in [0.1, 0.15) is 0 Å². The van der Waals surface area contributed by atoms with E-state index in [4.69, 9.17) is 9.47 Å². The highest BCUT2D eigenvalue weighted by molar-refractivity contribution is 5.71. The largest absolute Gasteiger partial charge is 0.436 e. The van der Waals surface area contributed by atoms with Crippen molar-refractivity contribution in [1.82, 2.24) is 0 Å². The van der Waals surface area contributed by atoms with Crippen LogP contribution in [0, 0.1) is 11.3 Å². The molecule has 0 saturated heterocycles. The van der Waals surface area contributed by atoms with Crippen LogP contribution in [0.3, 0.4) is 0 Å². The predicted molar refractivity (Wildman–Crippen MR) is 81.4 cm³/mol. The first kappa shape index (κ1) is 17.5. The molecule has 0 N–H and O–H groups in total. The van der Waals surface area contributed by atoms with Crippen molar-refractivity contribution in [3.8, 4) is 0 Å². The minimum Gasteiger partial charge on any atom is -0.436 e. The average Bonchev–Trinajstić information content (AvgIpc) is 2.36. The molecule has 118 valence electrons. The Labute approximate surface area is 124 Å². The Kier molecular flexibility index (Phi) is 7.01. The third kappa shape index (κ3) is 6.74. The lowest BCUT2D eigenvalue weighted by atomic mass is 9.91. The Balaban J connectivity index is 2.56. The fourth-order valence-corrected chi connectivity index (χ4v) is 2.45. The van der Waals surface area contributed by atoms with Crippen molar-refractivity contribution in [1.29, 1.82) is 0 Å². The van der Waals surface area contributed by atoms with Crippen LogP contribution in [0.2, 0.25) is 0 Å². The maximum Gasteiger partial charge on any atom is 0.310 e. The van der Waals surface area contributed by atoms with E-state index >= 15 is 0 Å². The van der Waals surface area contributed by atoms with Crippen LogP contribution in [0.15, 0.2) is 0 Å². The molecule has 0 radical (unpaired) electrons. The molecule has 0 aromatic carbocycles. The lowest BCUT2D eigenvalue weighted by Crippen LogP contribution is -2.33. The molecule has 2 unspecified atom stereocenters. The maximum absolute atomic E-state index is 12.0. The molecule has 0 bridgehead atoms. The highest BCUT2D eigenvalue weighted by Gasteiger charge is 2.27. The van der Waals surface area contributed by atoms with Crippen molar-refractivity contribution in [3.63, 3.8) is 0 Å². The summed E-state index contributed by atoms with van der Waals surface area (Å²) in [6, 6.07) is 0. The number of esters is 1. The number of hydrogen-bond donors (Lipinski definition) is 0. The van der Waals surface area contributed by atoms with Crippen LogP contribution in [0.5, 0.6) is 0 Å². The number of ether oxygens (including phenoxy) is 2. The topological polar surface area (TPSA) is 35.5 Å². The fourth-order valence-electron chi connectivity index (χ4n) is 2.45. The Hall–Kier alpha value is -0.570. The van der Waals surface area contributed by atoms with E-state index < -0.39 is 0 Å². The molecule has 0 aromatic rings. The van der Waals surface area contributed by atoms with Gasteiger partial charge in [0, 0.05) is 6.42 Å². The van der Waals surface area contributed by atoms with Gasteiger partial charge >= 0.3 is 5.97 Å². The Morgan fingerprint density at radius 3 is 2.30 bits per heavy atom. The van der Waals surface area contributed by atoms with Gasteiger partial charge in [0.2, 0.25) is 6.29 Å². The van der Waals surface area contributed by atoms with Crippen LogP contribution in [-0.4, -0.2) is 18.4 Å². The van der Waals surface area contributed by atoms with Crippen molar-refractivity contribution in [2.24, 2.45) is 11.3 Å². The van der Waals surface area contributed by atoms with Gasteiger partial charge in [-0.1, -0.05) is 53.9 Å². The van der Waals surface area contributed by atoms with E-state index in [1.54, 1.807) is 0 Å². The Morgan fingerprint density at radius 1 is 1.20 bits per heavy atom. The molecule has 0 heterocycles. The van der Waals surface area contributed by atoms with Gasteiger partial charge in [-0.15, -0.1) is 0 Å². The van der Waals surface area contributed by atoms with Crippen LogP contribution in [0.25, 0.3) is 0 Å². The van der Waals surface area contributed by atoms with Crippen molar-refractivity contribution >= 4 is 5.97 Å². The van der Waals surface area contributed by atoms with E-state index in [2.05, 4.69) is 20.8 Å². The van der Waals surface area contributed by atoms with Crippen LogP contribution in [0.4, 0.5) is 0 Å². The van der Waals surface area contributed by atoms with E-state index in [1.807, 2.05) is 13.8 Å². The molecule has 0 aromatic heterocycles. The zero-order chi connectivity index (χ0) is 15.2. The second-order valence-electron chi connectivity index (χ2n) is 7.34. The first-order chi connectivity index (χ1) is 9.31. The zero-order valence-electron chi connectivity index (χ0n) is 13.9. The lowest BCUT2D eigenvalue weighted by molar-refractivity contribution is -0.203. The molecule has 3 heteroatoms. The van der Waals surface area contributed by atoms with E-state index in [-0.39, 0.29) is 29.7 Å². The molecule has 1 saturated carbocycles. The standard InChI is InChI=1S/C17H32O3/c1-6-13(2)16(18)20-15(12-17(3,4)5)19-14-10-8-7-9-11-14/h13-15H,6-12H2,1-5H3. The number of carbonyl (C=O) groups is 1. The first-order valence-electron chi connectivity index (χ1n) is 8.18. The van der Waals surface area contributed by atoms with E-state index in [0.29, 0.717) is 0 Å². The van der Waals surface area contributed by atoms with Crippen molar-refractivity contribution in [2.45, 2.75) is 92.0 Å². The highest BCUT2D eigenvalue weighted by Crippen LogP contribution is 2.28. The van der Waals surface area contributed by atoms with Crippen LogP contribution in [0.1, 0.15) is 79.6 Å². The quantitative estimate of drug-likeness (QED) is 0.524. The summed E-state index contributed by atoms with van der Waals surface area (Å²) in [6.07, 6.45) is 7.40. The van der Waals surface area contributed by atoms with Gasteiger partial charge < -0.3 is 9.47 Å². The minimum atomic E-state index is -0.389. The fraction of sp³-hybridized carbons (Fsp3) is 0.941. The molecule has 0 amide bonds. The van der Waals surface area contributed by atoms with Crippen molar-refractivity contribution < 1.29 is 14.3 Å². The molecule has 20 heavy (non-hydrogen) atoms. The van der Waals surface area contributed by atoms with Gasteiger partial charge in [-0.05, 0) is 24.7 Å². The maximum atomic E-state index is 12.0. The number of carbonyl (C=O) groups excluding carboxylic acids is 1. The molecule has 0 aliphatic heterocycles. The monoisotopic (exact) mass is 284 g/mol. The molecule has 3 nitrogen and oxygen atoms in total. The zero-order valence-corrected chi connectivity index (χ0v) is 13.9. The van der Waals surface area contributed by atoms with E-state index in [1.165, 1.54) is 19.3 Å². The summed E-state index contributed by atoms with van der Waals surface area (Å²) < 4.78 is 11.7. The normalized spacial score (nSPS) is 20.4. The van der Waals surface area contributed by atoms with E-state index in [0.717, 1.165) is 25.7 Å². The minimum absolute atomic E-state index is 0.0487. The molecular formula is C17H32O3.